The van der Waals surface area contributed by atoms with E-state index in [0.717, 1.165) is 0 Å². The molecule has 1 heterocycles. The van der Waals surface area contributed by atoms with Gasteiger partial charge in [-0.1, -0.05) is 18.5 Å². The van der Waals surface area contributed by atoms with Crippen molar-refractivity contribution in [3.8, 4) is 0 Å². The summed E-state index contributed by atoms with van der Waals surface area (Å²) in [7, 11) is 0. The van der Waals surface area contributed by atoms with E-state index in [9.17, 15) is 9.59 Å². The van der Waals surface area contributed by atoms with Crippen LogP contribution in [0.1, 0.15) is 23.8 Å². The number of carbonyl (C=O) groups excluding carboxylic acids is 1. The Morgan fingerprint density at radius 3 is 2.71 bits per heavy atom. The molecule has 5 heteroatoms. The summed E-state index contributed by atoms with van der Waals surface area (Å²) in [4.78, 5) is 21.9. The highest BCUT2D eigenvalue weighted by Gasteiger charge is 2.15. The summed E-state index contributed by atoms with van der Waals surface area (Å²) in [5.74, 6) is -1.15. The van der Waals surface area contributed by atoms with Crippen LogP contribution >= 0.6 is 11.6 Å². The van der Waals surface area contributed by atoms with Crippen molar-refractivity contribution in [3.05, 3.63) is 23.0 Å². The van der Waals surface area contributed by atoms with Crippen LogP contribution in [0.5, 0.6) is 0 Å². The van der Waals surface area contributed by atoms with Gasteiger partial charge < -0.3 is 9.67 Å². The monoisotopic (exact) mass is 215 g/mol. The van der Waals surface area contributed by atoms with Gasteiger partial charge in [-0.25, -0.2) is 4.79 Å². The van der Waals surface area contributed by atoms with E-state index in [2.05, 4.69) is 0 Å². The number of hydrogen-bond donors (Lipinski definition) is 1. The Bertz CT molecular complexity index is 370. The van der Waals surface area contributed by atoms with E-state index in [1.165, 1.54) is 16.8 Å². The molecular weight excluding hydrogens is 206 g/mol. The van der Waals surface area contributed by atoms with Gasteiger partial charge in [0.1, 0.15) is 5.69 Å². The number of carbonyl (C=O) groups is 2. The Balaban J connectivity index is 2.98. The van der Waals surface area contributed by atoms with Crippen LogP contribution in [0.25, 0.3) is 0 Å². The summed E-state index contributed by atoms with van der Waals surface area (Å²) < 4.78 is 1.34. The molecule has 0 spiro atoms. The second-order valence-electron chi connectivity index (χ2n) is 2.84. The molecule has 0 bridgehead atoms. The largest absolute Gasteiger partial charge is 0.477 e. The summed E-state index contributed by atoms with van der Waals surface area (Å²) in [5.41, 5.74) is -0.0338. The summed E-state index contributed by atoms with van der Waals surface area (Å²) >= 11 is 5.65. The zero-order valence-electron chi connectivity index (χ0n) is 7.66. The Kier molecular flexibility index (Phi) is 3.30. The van der Waals surface area contributed by atoms with Crippen molar-refractivity contribution in [2.75, 3.05) is 0 Å². The molecule has 76 valence electrons. The van der Waals surface area contributed by atoms with Gasteiger partial charge in [0.15, 0.2) is 5.78 Å². The number of halogens is 1. The van der Waals surface area contributed by atoms with Crippen LogP contribution < -0.4 is 0 Å². The average molecular weight is 216 g/mol. The Morgan fingerprint density at radius 1 is 1.57 bits per heavy atom. The van der Waals surface area contributed by atoms with Crippen LogP contribution in [0.2, 0.25) is 5.02 Å². The molecule has 0 radical (unpaired) electrons. The van der Waals surface area contributed by atoms with Gasteiger partial charge >= 0.3 is 5.97 Å². The molecule has 0 aromatic carbocycles. The third-order valence-corrected chi connectivity index (χ3v) is 2.16. The first-order valence-corrected chi connectivity index (χ1v) is 4.53. The third kappa shape index (κ3) is 2.14. The second kappa shape index (κ2) is 4.28. The lowest BCUT2D eigenvalue weighted by molar-refractivity contribution is -0.119. The molecule has 0 unspecified atom stereocenters. The van der Waals surface area contributed by atoms with Crippen molar-refractivity contribution in [1.82, 2.24) is 4.57 Å². The van der Waals surface area contributed by atoms with Crippen LogP contribution in [-0.4, -0.2) is 21.4 Å². The molecule has 4 nitrogen and oxygen atoms in total. The SMILES string of the molecule is CCC(=O)Cn1ccc(Cl)c1C(=O)O. The molecule has 1 aromatic rings. The lowest BCUT2D eigenvalue weighted by atomic mass is 10.3. The molecule has 0 aliphatic carbocycles. The zero-order chi connectivity index (χ0) is 10.7. The predicted molar refractivity (Wildman–Crippen MR) is 51.7 cm³/mol. The van der Waals surface area contributed by atoms with Crippen molar-refractivity contribution in [2.45, 2.75) is 19.9 Å². The van der Waals surface area contributed by atoms with Crippen molar-refractivity contribution >= 4 is 23.4 Å². The van der Waals surface area contributed by atoms with Gasteiger partial charge in [-0.3, -0.25) is 4.79 Å². The van der Waals surface area contributed by atoms with Crippen LogP contribution in [0.15, 0.2) is 12.3 Å². The summed E-state index contributed by atoms with van der Waals surface area (Å²) in [6.07, 6.45) is 1.88. The van der Waals surface area contributed by atoms with Crippen LogP contribution in [-0.2, 0) is 11.3 Å². The lowest BCUT2D eigenvalue weighted by Crippen LogP contribution is -2.14. The van der Waals surface area contributed by atoms with Crippen molar-refractivity contribution in [3.63, 3.8) is 0 Å². The predicted octanol–water partition coefficient (Wildman–Crippen LogP) is 1.82. The maximum absolute atomic E-state index is 11.1. The standard InChI is InChI=1S/C9H10ClNO3/c1-2-6(12)5-11-4-3-7(10)8(11)9(13)14/h3-4H,2,5H2,1H3,(H,13,14). The number of Topliss-reactive ketones (excluding diaryl/α,β-unsaturated/α-hetero) is 1. The first-order valence-electron chi connectivity index (χ1n) is 4.16. The van der Waals surface area contributed by atoms with E-state index >= 15 is 0 Å². The molecule has 0 aliphatic rings. The van der Waals surface area contributed by atoms with E-state index in [1.54, 1.807) is 6.92 Å². The molecule has 0 atom stereocenters. The molecule has 0 saturated heterocycles. The van der Waals surface area contributed by atoms with Crippen LogP contribution in [0.3, 0.4) is 0 Å². The first kappa shape index (κ1) is 10.8. The van der Waals surface area contributed by atoms with E-state index in [1.807, 2.05) is 0 Å². The normalized spacial score (nSPS) is 10.1. The molecule has 1 N–H and O–H groups in total. The molecule has 0 fully saturated rings. The number of ketones is 1. The molecule has 0 saturated carbocycles. The Morgan fingerprint density at radius 2 is 2.21 bits per heavy atom. The average Bonchev–Trinajstić information content (AvgIpc) is 2.46. The maximum Gasteiger partial charge on any atom is 0.354 e. The quantitative estimate of drug-likeness (QED) is 0.834. The van der Waals surface area contributed by atoms with Gasteiger partial charge in [0.2, 0.25) is 0 Å². The maximum atomic E-state index is 11.1. The number of carboxylic acid groups (broad SMARTS) is 1. The van der Waals surface area contributed by atoms with Gasteiger partial charge in [0, 0.05) is 12.6 Å². The summed E-state index contributed by atoms with van der Waals surface area (Å²) in [6, 6.07) is 1.47. The van der Waals surface area contributed by atoms with Gasteiger partial charge in [-0.05, 0) is 6.07 Å². The molecule has 14 heavy (non-hydrogen) atoms. The fraction of sp³-hybridized carbons (Fsp3) is 0.333. The van der Waals surface area contributed by atoms with Gasteiger partial charge in [-0.15, -0.1) is 0 Å². The Hall–Kier alpha value is -1.29. The first-order chi connectivity index (χ1) is 6.56. The molecule has 0 amide bonds. The van der Waals surface area contributed by atoms with Crippen molar-refractivity contribution in [2.24, 2.45) is 0 Å². The number of nitrogens with zero attached hydrogens (tertiary/aromatic N) is 1. The number of carboxylic acids is 1. The zero-order valence-corrected chi connectivity index (χ0v) is 8.41. The van der Waals surface area contributed by atoms with Crippen LogP contribution in [0, 0.1) is 0 Å². The second-order valence-corrected chi connectivity index (χ2v) is 3.24. The highest BCUT2D eigenvalue weighted by molar-refractivity contribution is 6.33. The van der Waals surface area contributed by atoms with Gasteiger partial charge in [0.05, 0.1) is 11.6 Å². The molecule has 0 aliphatic heterocycles. The third-order valence-electron chi connectivity index (χ3n) is 1.86. The minimum Gasteiger partial charge on any atom is -0.477 e. The van der Waals surface area contributed by atoms with E-state index < -0.39 is 5.97 Å². The number of rotatable bonds is 4. The highest BCUT2D eigenvalue weighted by Crippen LogP contribution is 2.17. The minimum absolute atomic E-state index is 0.0280. The van der Waals surface area contributed by atoms with Gasteiger partial charge in [0.25, 0.3) is 0 Å². The smallest absolute Gasteiger partial charge is 0.354 e. The molecular formula is C9H10ClNO3. The number of hydrogen-bond acceptors (Lipinski definition) is 2. The molecule has 1 rings (SSSR count). The fourth-order valence-corrected chi connectivity index (χ4v) is 1.35. The van der Waals surface area contributed by atoms with E-state index in [4.69, 9.17) is 16.7 Å². The molecule has 1 aromatic heterocycles. The number of aromatic carboxylic acids is 1. The minimum atomic E-state index is -1.12. The fourth-order valence-electron chi connectivity index (χ4n) is 1.10. The van der Waals surface area contributed by atoms with E-state index in [-0.39, 0.29) is 23.0 Å². The van der Waals surface area contributed by atoms with Crippen molar-refractivity contribution < 1.29 is 14.7 Å². The summed E-state index contributed by atoms with van der Waals surface area (Å²) in [6.45, 7) is 1.79. The van der Waals surface area contributed by atoms with Gasteiger partial charge in [-0.2, -0.15) is 0 Å². The highest BCUT2D eigenvalue weighted by atomic mass is 35.5. The number of aromatic nitrogens is 1. The topological polar surface area (TPSA) is 59.3 Å². The van der Waals surface area contributed by atoms with E-state index in [0.29, 0.717) is 6.42 Å². The lowest BCUT2D eigenvalue weighted by Gasteiger charge is -2.03. The van der Waals surface area contributed by atoms with Crippen molar-refractivity contribution in [1.29, 1.82) is 0 Å². The Labute approximate surface area is 86.1 Å². The summed E-state index contributed by atoms with van der Waals surface area (Å²) in [5, 5.41) is 8.96. The van der Waals surface area contributed by atoms with Crippen LogP contribution in [0.4, 0.5) is 0 Å².